The number of aromatic amines is 1. The number of rotatable bonds is 6. The highest BCUT2D eigenvalue weighted by Gasteiger charge is 2.11. The van der Waals surface area contributed by atoms with E-state index in [1.807, 2.05) is 30.3 Å². The largest absolute Gasteiger partial charge is 0.493 e. The maximum absolute atomic E-state index is 11.1. The Labute approximate surface area is 141 Å². The summed E-state index contributed by atoms with van der Waals surface area (Å²) in [6.07, 6.45) is 2.56. The zero-order valence-corrected chi connectivity index (χ0v) is 13.4. The van der Waals surface area contributed by atoms with Crippen LogP contribution in [0.5, 0.6) is 5.88 Å². The number of nitrogens with zero attached hydrogens (tertiary/aromatic N) is 2. The minimum Gasteiger partial charge on any atom is -0.493 e. The quantitative estimate of drug-likeness (QED) is 0.748. The van der Waals surface area contributed by atoms with E-state index in [2.05, 4.69) is 15.2 Å². The molecule has 1 aromatic heterocycles. The van der Waals surface area contributed by atoms with Gasteiger partial charge in [-0.2, -0.15) is 10.2 Å². The molecule has 1 aliphatic heterocycles. The fourth-order valence-electron chi connectivity index (χ4n) is 2.10. The Hall–Kier alpha value is -2.55. The molecule has 3 N–H and O–H groups in total. The van der Waals surface area contributed by atoms with Crippen LogP contribution in [0.15, 0.2) is 62.8 Å². The Bertz CT molecular complexity index is 852. The monoisotopic (exact) mass is 345 g/mol. The molecule has 24 heavy (non-hydrogen) atoms. The van der Waals surface area contributed by atoms with Gasteiger partial charge < -0.3 is 14.9 Å². The third-order valence-corrected chi connectivity index (χ3v) is 4.07. The van der Waals surface area contributed by atoms with E-state index < -0.39 is 6.10 Å². The number of aliphatic hydroxyl groups is 1. The number of ether oxygens (including phenoxy) is 1. The second kappa shape index (κ2) is 7.35. The van der Waals surface area contributed by atoms with Crippen LogP contribution in [0.3, 0.4) is 0 Å². The van der Waals surface area contributed by atoms with Gasteiger partial charge in [0.2, 0.25) is 5.88 Å². The van der Waals surface area contributed by atoms with Gasteiger partial charge in [-0.05, 0) is 17.7 Å². The fourth-order valence-corrected chi connectivity index (χ4v) is 2.78. The van der Waals surface area contributed by atoms with E-state index in [-0.39, 0.29) is 24.0 Å². The number of benzene rings is 1. The molecule has 1 atom stereocenters. The maximum Gasteiger partial charge on any atom is 0.307 e. The molecule has 1 unspecified atom stereocenters. The minimum absolute atomic E-state index is 0.149. The van der Waals surface area contributed by atoms with Crippen LogP contribution in [-0.2, 0) is 4.74 Å². The second-order valence-corrected chi connectivity index (χ2v) is 6.09. The van der Waals surface area contributed by atoms with Gasteiger partial charge in [-0.1, -0.05) is 41.7 Å². The second-order valence-electron chi connectivity index (χ2n) is 5.07. The average molecular weight is 345 g/mol. The van der Waals surface area contributed by atoms with Crippen LogP contribution < -0.4 is 4.87 Å². The number of aromatic hydroxyl groups is 1. The topological polar surface area (TPSA) is 107 Å². The van der Waals surface area contributed by atoms with E-state index in [1.54, 1.807) is 12.2 Å². The van der Waals surface area contributed by atoms with E-state index in [0.717, 1.165) is 16.9 Å². The van der Waals surface area contributed by atoms with Gasteiger partial charge in [-0.3, -0.25) is 9.78 Å². The molecule has 1 aromatic carbocycles. The lowest BCUT2D eigenvalue weighted by atomic mass is 10.1. The summed E-state index contributed by atoms with van der Waals surface area (Å²) in [7, 11) is 0. The van der Waals surface area contributed by atoms with Crippen molar-refractivity contribution in [1.29, 1.82) is 0 Å². The summed E-state index contributed by atoms with van der Waals surface area (Å²) in [5.41, 5.74) is 1.91. The first kappa shape index (κ1) is 16.3. The Morgan fingerprint density at radius 2 is 2.08 bits per heavy atom. The van der Waals surface area contributed by atoms with E-state index in [0.29, 0.717) is 16.3 Å². The molecular weight excluding hydrogens is 330 g/mol. The number of aromatic nitrogens is 1. The fraction of sp³-hybridized carbons (Fsp3) is 0.188. The zero-order chi connectivity index (χ0) is 16.9. The van der Waals surface area contributed by atoms with Gasteiger partial charge in [0.15, 0.2) is 0 Å². The molecule has 8 heteroatoms. The summed E-state index contributed by atoms with van der Waals surface area (Å²) in [4.78, 5) is 13.5. The van der Waals surface area contributed by atoms with Crippen LogP contribution in [0.25, 0.3) is 6.08 Å². The number of thiazole rings is 1. The molecule has 0 amide bonds. The van der Waals surface area contributed by atoms with Crippen molar-refractivity contribution in [2.75, 3.05) is 13.2 Å². The van der Waals surface area contributed by atoms with Crippen LogP contribution in [0.4, 0.5) is 0 Å². The molecule has 0 bridgehead atoms. The normalized spacial score (nSPS) is 16.5. The summed E-state index contributed by atoms with van der Waals surface area (Å²) >= 11 is 0.889. The summed E-state index contributed by atoms with van der Waals surface area (Å²) < 4.78 is 5.46. The molecule has 1 aliphatic rings. The lowest BCUT2D eigenvalue weighted by Gasteiger charge is -2.10. The number of nitrogens with one attached hydrogen (secondary N) is 1. The molecule has 0 radical (unpaired) electrons. The van der Waals surface area contributed by atoms with Crippen LogP contribution in [0, 0.1) is 0 Å². The Balaban J connectivity index is 1.55. The molecule has 7 nitrogen and oxygen atoms in total. The molecule has 124 valence electrons. The molecule has 0 aliphatic carbocycles. The predicted molar refractivity (Wildman–Crippen MR) is 89.7 cm³/mol. The first-order chi connectivity index (χ1) is 11.6. The van der Waals surface area contributed by atoms with Crippen molar-refractivity contribution < 1.29 is 14.9 Å². The lowest BCUT2D eigenvalue weighted by molar-refractivity contribution is 0.0458. The van der Waals surface area contributed by atoms with Crippen molar-refractivity contribution in [3.63, 3.8) is 0 Å². The highest BCUT2D eigenvalue weighted by Crippen LogP contribution is 2.24. The average Bonchev–Trinajstić information content (AvgIpc) is 3.15. The highest BCUT2D eigenvalue weighted by molar-refractivity contribution is 7.10. The standard InChI is InChI=1S/C16H15N3O4S/c20-13(10-4-2-1-3-5-10)9-23-8-12-6-11(18-19-12)7-14-15(21)17-16(22)24-14/h1-7,13,20-21H,8-9H2,(H,17,22). The third-order valence-electron chi connectivity index (χ3n) is 3.25. The molecule has 2 aromatic rings. The molecule has 0 saturated carbocycles. The van der Waals surface area contributed by atoms with Crippen molar-refractivity contribution in [3.8, 4) is 5.88 Å². The number of azo groups is 1. The smallest absolute Gasteiger partial charge is 0.307 e. The SMILES string of the molecule is O=c1[nH]c(O)c(C=C2C=C(COCC(O)c3ccccc3)N=N2)s1. The maximum atomic E-state index is 11.1. The third kappa shape index (κ3) is 4.05. The number of H-pyrrole nitrogens is 1. The highest BCUT2D eigenvalue weighted by atomic mass is 32.1. The molecule has 0 fully saturated rings. The van der Waals surface area contributed by atoms with Crippen molar-refractivity contribution in [1.82, 2.24) is 4.98 Å². The van der Waals surface area contributed by atoms with Crippen LogP contribution >= 0.6 is 11.3 Å². The number of aliphatic hydroxyl groups excluding tert-OH is 1. The zero-order valence-electron chi connectivity index (χ0n) is 12.5. The van der Waals surface area contributed by atoms with Crippen LogP contribution in [-0.4, -0.2) is 28.4 Å². The summed E-state index contributed by atoms with van der Waals surface area (Å²) in [6.45, 7) is 0.357. The minimum atomic E-state index is -0.700. The lowest BCUT2D eigenvalue weighted by Crippen LogP contribution is -2.08. The first-order valence-electron chi connectivity index (χ1n) is 7.18. The van der Waals surface area contributed by atoms with Crippen molar-refractivity contribution in [2.24, 2.45) is 10.2 Å². The van der Waals surface area contributed by atoms with Gasteiger partial charge in [0.05, 0.1) is 29.5 Å². The van der Waals surface area contributed by atoms with Crippen molar-refractivity contribution in [2.45, 2.75) is 6.10 Å². The molecule has 2 heterocycles. The van der Waals surface area contributed by atoms with E-state index in [9.17, 15) is 15.0 Å². The Morgan fingerprint density at radius 1 is 1.29 bits per heavy atom. The Kier molecular flexibility index (Phi) is 4.99. The van der Waals surface area contributed by atoms with Gasteiger partial charge in [0.25, 0.3) is 0 Å². The van der Waals surface area contributed by atoms with Crippen LogP contribution in [0.2, 0.25) is 0 Å². The van der Waals surface area contributed by atoms with Gasteiger partial charge in [0, 0.05) is 0 Å². The van der Waals surface area contributed by atoms with Crippen molar-refractivity contribution in [3.05, 3.63) is 67.9 Å². The molecule has 0 saturated heterocycles. The van der Waals surface area contributed by atoms with Gasteiger partial charge in [0.1, 0.15) is 6.10 Å². The van der Waals surface area contributed by atoms with Gasteiger partial charge in [-0.15, -0.1) is 0 Å². The summed E-state index contributed by atoms with van der Waals surface area (Å²) in [5.74, 6) is -0.184. The summed E-state index contributed by atoms with van der Waals surface area (Å²) in [5, 5.41) is 27.5. The number of hydrogen-bond donors (Lipinski definition) is 3. The van der Waals surface area contributed by atoms with Crippen LogP contribution in [0.1, 0.15) is 16.5 Å². The molecule has 0 spiro atoms. The number of allylic oxidation sites excluding steroid dienone is 1. The molecular formula is C16H15N3O4S. The Morgan fingerprint density at radius 3 is 2.79 bits per heavy atom. The number of hydrogen-bond acceptors (Lipinski definition) is 7. The summed E-state index contributed by atoms with van der Waals surface area (Å²) in [6, 6.07) is 9.26. The van der Waals surface area contributed by atoms with E-state index in [1.165, 1.54) is 0 Å². The molecule has 3 rings (SSSR count). The van der Waals surface area contributed by atoms with E-state index in [4.69, 9.17) is 4.74 Å². The predicted octanol–water partition coefficient (Wildman–Crippen LogP) is 2.58. The van der Waals surface area contributed by atoms with Gasteiger partial charge in [-0.25, -0.2) is 0 Å². The van der Waals surface area contributed by atoms with E-state index >= 15 is 0 Å². The van der Waals surface area contributed by atoms with Crippen molar-refractivity contribution >= 4 is 17.4 Å². The first-order valence-corrected chi connectivity index (χ1v) is 8.00. The van der Waals surface area contributed by atoms with Gasteiger partial charge >= 0.3 is 4.87 Å².